The first kappa shape index (κ1) is 31.4. The van der Waals surface area contributed by atoms with Gasteiger partial charge >= 0.3 is 0 Å². The molecule has 0 saturated carbocycles. The van der Waals surface area contributed by atoms with Gasteiger partial charge in [-0.2, -0.15) is 0 Å². The zero-order chi connectivity index (χ0) is 28.2. The molecule has 3 aliphatic rings. The summed E-state index contributed by atoms with van der Waals surface area (Å²) in [5, 5.41) is 0. The SMILES string of the molecule is CC.CC.CC.CCOc1c(OC)cc(C2c3cc4c(cc3OC(N3CCCC3)C2C)OCO4)cc1OC. The quantitative estimate of drug-likeness (QED) is 0.383. The molecule has 3 heterocycles. The number of hydrogen-bond donors (Lipinski definition) is 0. The van der Waals surface area contributed by atoms with Gasteiger partial charge < -0.3 is 28.4 Å². The largest absolute Gasteiger partial charge is 0.493 e. The lowest BCUT2D eigenvalue weighted by molar-refractivity contribution is -0.0178. The van der Waals surface area contributed by atoms with Gasteiger partial charge in [-0.25, -0.2) is 0 Å². The molecular formula is C31H49NO6. The number of benzene rings is 2. The first-order valence-corrected chi connectivity index (χ1v) is 14.4. The highest BCUT2D eigenvalue weighted by atomic mass is 16.7. The number of ether oxygens (including phenoxy) is 6. The van der Waals surface area contributed by atoms with Crippen LogP contribution in [0.5, 0.6) is 34.5 Å². The summed E-state index contributed by atoms with van der Waals surface area (Å²) in [4.78, 5) is 2.45. The van der Waals surface area contributed by atoms with E-state index < -0.39 is 0 Å². The van der Waals surface area contributed by atoms with Gasteiger partial charge in [-0.1, -0.05) is 48.5 Å². The van der Waals surface area contributed by atoms with Crippen LogP contribution in [0.2, 0.25) is 0 Å². The zero-order valence-electron chi connectivity index (χ0n) is 25.2. The Labute approximate surface area is 230 Å². The topological polar surface area (TPSA) is 58.6 Å². The molecule has 0 amide bonds. The molecule has 0 aromatic heterocycles. The molecule has 3 atom stereocenters. The van der Waals surface area contributed by atoms with Gasteiger partial charge in [0, 0.05) is 36.6 Å². The lowest BCUT2D eigenvalue weighted by Crippen LogP contribution is -2.46. The molecule has 3 aliphatic heterocycles. The molecule has 5 rings (SSSR count). The Kier molecular flexibility index (Phi) is 12.9. The molecule has 0 N–H and O–H groups in total. The van der Waals surface area contributed by atoms with Crippen LogP contribution in [-0.4, -0.2) is 51.8 Å². The molecule has 0 spiro atoms. The fourth-order valence-electron chi connectivity index (χ4n) is 5.22. The molecule has 0 bridgehead atoms. The van der Waals surface area contributed by atoms with E-state index >= 15 is 0 Å². The molecule has 2 aromatic carbocycles. The smallest absolute Gasteiger partial charge is 0.231 e. The van der Waals surface area contributed by atoms with E-state index in [1.54, 1.807) is 14.2 Å². The normalized spacial score (nSPS) is 20.7. The number of likely N-dealkylation sites (tertiary alicyclic amines) is 1. The van der Waals surface area contributed by atoms with E-state index in [1.807, 2.05) is 54.5 Å². The maximum atomic E-state index is 6.58. The van der Waals surface area contributed by atoms with Crippen LogP contribution < -0.4 is 28.4 Å². The molecule has 7 nitrogen and oxygen atoms in total. The molecule has 38 heavy (non-hydrogen) atoms. The van der Waals surface area contributed by atoms with Crippen LogP contribution >= 0.6 is 0 Å². The van der Waals surface area contributed by atoms with Crippen LogP contribution in [0.4, 0.5) is 0 Å². The van der Waals surface area contributed by atoms with Gasteiger partial charge in [0.25, 0.3) is 0 Å². The van der Waals surface area contributed by atoms with Crippen LogP contribution in [0.1, 0.15) is 85.3 Å². The third-order valence-electron chi connectivity index (χ3n) is 6.69. The highest BCUT2D eigenvalue weighted by Gasteiger charge is 2.42. The molecule has 1 fully saturated rings. The maximum absolute atomic E-state index is 6.58. The van der Waals surface area contributed by atoms with E-state index in [-0.39, 0.29) is 24.9 Å². The van der Waals surface area contributed by atoms with Crippen LogP contribution in [0, 0.1) is 5.92 Å². The van der Waals surface area contributed by atoms with Crippen LogP contribution in [0.3, 0.4) is 0 Å². The Balaban J connectivity index is 0.000000791. The lowest BCUT2D eigenvalue weighted by Gasteiger charge is -2.42. The number of nitrogens with zero attached hydrogens (tertiary/aromatic N) is 1. The van der Waals surface area contributed by atoms with Gasteiger partial charge in [0.2, 0.25) is 12.5 Å². The zero-order valence-corrected chi connectivity index (χ0v) is 25.2. The summed E-state index contributed by atoms with van der Waals surface area (Å²) in [5.74, 6) is 4.57. The minimum atomic E-state index is -0.0149. The first-order valence-electron chi connectivity index (χ1n) is 14.4. The van der Waals surface area contributed by atoms with Crippen LogP contribution in [-0.2, 0) is 0 Å². The van der Waals surface area contributed by atoms with E-state index in [0.717, 1.165) is 41.5 Å². The molecular weight excluding hydrogens is 482 g/mol. The van der Waals surface area contributed by atoms with Crippen molar-refractivity contribution < 1.29 is 28.4 Å². The van der Waals surface area contributed by atoms with Gasteiger partial charge in [-0.05, 0) is 43.5 Å². The van der Waals surface area contributed by atoms with Crippen molar-refractivity contribution in [3.05, 3.63) is 35.4 Å². The second kappa shape index (κ2) is 15.6. The summed E-state index contributed by atoms with van der Waals surface area (Å²) in [6.45, 7) is 19.1. The Bertz CT molecular complexity index is 964. The summed E-state index contributed by atoms with van der Waals surface area (Å²) in [5.41, 5.74) is 2.19. The fourth-order valence-corrected chi connectivity index (χ4v) is 5.22. The number of methoxy groups -OCH3 is 2. The molecule has 2 aromatic rings. The average molecular weight is 532 g/mol. The Morgan fingerprint density at radius 2 is 1.37 bits per heavy atom. The van der Waals surface area contributed by atoms with Gasteiger partial charge in [-0.3, -0.25) is 4.90 Å². The third-order valence-corrected chi connectivity index (χ3v) is 6.69. The standard InChI is InChI=1S/C25H31NO6.3C2H6/c1-5-29-24-21(27-3)10-16(11-22(24)28-4)23-15(2)25(26-8-6-7-9-26)32-18-13-20-19(12-17(18)23)30-14-31-20;3*1-2/h10-13,15,23,25H,5-9,14H2,1-4H3;3*1-2H3. The van der Waals surface area contributed by atoms with E-state index in [4.69, 9.17) is 28.4 Å². The molecule has 0 aliphatic carbocycles. The predicted octanol–water partition coefficient (Wildman–Crippen LogP) is 7.49. The summed E-state index contributed by atoms with van der Waals surface area (Å²) in [7, 11) is 3.32. The monoisotopic (exact) mass is 531 g/mol. The third kappa shape index (κ3) is 6.42. The summed E-state index contributed by atoms with van der Waals surface area (Å²) >= 11 is 0. The minimum Gasteiger partial charge on any atom is -0.493 e. The molecule has 3 unspecified atom stereocenters. The van der Waals surface area contributed by atoms with Crippen molar-refractivity contribution in [1.82, 2.24) is 4.90 Å². The average Bonchev–Trinajstić information content (AvgIpc) is 3.67. The van der Waals surface area contributed by atoms with Gasteiger partial charge in [-0.15, -0.1) is 0 Å². The van der Waals surface area contributed by atoms with Crippen molar-refractivity contribution in [1.29, 1.82) is 0 Å². The van der Waals surface area contributed by atoms with Gasteiger partial charge in [0.15, 0.2) is 29.2 Å². The second-order valence-corrected chi connectivity index (χ2v) is 8.52. The lowest BCUT2D eigenvalue weighted by atomic mass is 9.78. The van der Waals surface area contributed by atoms with E-state index in [0.29, 0.717) is 23.9 Å². The molecule has 0 radical (unpaired) electrons. The summed E-state index contributed by atoms with van der Waals surface area (Å²) in [6.07, 6.45) is 2.39. The van der Waals surface area contributed by atoms with Crippen LogP contribution in [0.25, 0.3) is 0 Å². The number of hydrogen-bond acceptors (Lipinski definition) is 7. The van der Waals surface area contributed by atoms with E-state index in [1.165, 1.54) is 12.8 Å². The Morgan fingerprint density at radius 1 is 0.816 bits per heavy atom. The highest BCUT2D eigenvalue weighted by Crippen LogP contribution is 2.52. The van der Waals surface area contributed by atoms with Crippen molar-refractivity contribution in [2.24, 2.45) is 5.92 Å². The summed E-state index contributed by atoms with van der Waals surface area (Å²) < 4.78 is 35.2. The van der Waals surface area contributed by atoms with Crippen molar-refractivity contribution in [3.8, 4) is 34.5 Å². The molecule has 1 saturated heterocycles. The fraction of sp³-hybridized carbons (Fsp3) is 0.613. The first-order chi connectivity index (χ1) is 18.6. The minimum absolute atomic E-state index is 0.0149. The second-order valence-electron chi connectivity index (χ2n) is 8.52. The Morgan fingerprint density at radius 3 is 1.89 bits per heavy atom. The molecule has 214 valence electrons. The number of rotatable bonds is 6. The predicted molar refractivity (Wildman–Crippen MR) is 154 cm³/mol. The number of fused-ring (bicyclic) bond motifs is 2. The van der Waals surface area contributed by atoms with Crippen molar-refractivity contribution in [3.63, 3.8) is 0 Å². The van der Waals surface area contributed by atoms with Gasteiger partial charge in [0.05, 0.1) is 20.8 Å². The summed E-state index contributed by atoms with van der Waals surface area (Å²) in [6, 6.07) is 8.17. The van der Waals surface area contributed by atoms with Gasteiger partial charge in [0.1, 0.15) is 5.75 Å². The van der Waals surface area contributed by atoms with Crippen molar-refractivity contribution in [2.45, 2.75) is 80.4 Å². The Hall–Kier alpha value is -2.80. The maximum Gasteiger partial charge on any atom is 0.231 e. The van der Waals surface area contributed by atoms with E-state index in [9.17, 15) is 0 Å². The van der Waals surface area contributed by atoms with Crippen molar-refractivity contribution >= 4 is 0 Å². The highest BCUT2D eigenvalue weighted by molar-refractivity contribution is 5.60. The van der Waals surface area contributed by atoms with Crippen LogP contribution in [0.15, 0.2) is 24.3 Å². The van der Waals surface area contributed by atoms with E-state index in [2.05, 4.69) is 30.0 Å². The molecule has 7 heteroatoms. The van der Waals surface area contributed by atoms with Crippen molar-refractivity contribution in [2.75, 3.05) is 40.7 Å².